The van der Waals surface area contributed by atoms with Gasteiger partial charge in [-0.3, -0.25) is 4.79 Å². The van der Waals surface area contributed by atoms with Gasteiger partial charge in [0.15, 0.2) is 0 Å². The summed E-state index contributed by atoms with van der Waals surface area (Å²) >= 11 is 0. The third kappa shape index (κ3) is 12.4. The summed E-state index contributed by atoms with van der Waals surface area (Å²) in [5, 5.41) is 0. The van der Waals surface area contributed by atoms with E-state index >= 15 is 0 Å². The van der Waals surface area contributed by atoms with Gasteiger partial charge in [-0.2, -0.15) is 0 Å². The fourth-order valence-electron chi connectivity index (χ4n) is 3.24. The zero-order chi connectivity index (χ0) is 23.2. The zero-order valence-corrected chi connectivity index (χ0v) is 20.1. The molecule has 0 bridgehead atoms. The first kappa shape index (κ1) is 27.8. The van der Waals surface area contributed by atoms with Gasteiger partial charge in [0.1, 0.15) is 0 Å². The molecule has 1 aliphatic rings. The van der Waals surface area contributed by atoms with Crippen molar-refractivity contribution < 1.29 is 19.1 Å². The molecule has 0 atom stereocenters. The van der Waals surface area contributed by atoms with Crippen molar-refractivity contribution in [3.05, 3.63) is 58.7 Å². The highest BCUT2D eigenvalue weighted by molar-refractivity contribution is 5.91. The Morgan fingerprint density at radius 3 is 2.17 bits per heavy atom. The SMILES string of the molecule is CC(=O)OC(=O)/C=C(C)/C=C/C=C(C)/C=C/C1=C(C)CCCC1(C)C.CCOCC. The normalized spacial score (nSPS) is 17.2. The van der Waals surface area contributed by atoms with Crippen LogP contribution in [0.15, 0.2) is 58.7 Å². The monoisotopic (exact) mass is 416 g/mol. The summed E-state index contributed by atoms with van der Waals surface area (Å²) in [4.78, 5) is 22.0. The molecule has 168 valence electrons. The molecule has 0 heterocycles. The van der Waals surface area contributed by atoms with Crippen LogP contribution in [0.4, 0.5) is 0 Å². The lowest BCUT2D eigenvalue weighted by Gasteiger charge is -2.32. The lowest BCUT2D eigenvalue weighted by Crippen LogP contribution is -2.19. The summed E-state index contributed by atoms with van der Waals surface area (Å²) in [5.41, 5.74) is 5.03. The number of hydrogen-bond acceptors (Lipinski definition) is 4. The summed E-state index contributed by atoms with van der Waals surface area (Å²) in [5.74, 6) is -1.24. The largest absolute Gasteiger partial charge is 0.390 e. The molecule has 4 heteroatoms. The van der Waals surface area contributed by atoms with E-state index in [4.69, 9.17) is 4.74 Å². The second-order valence-corrected chi connectivity index (χ2v) is 8.12. The van der Waals surface area contributed by atoms with Gasteiger partial charge in [0.2, 0.25) is 0 Å². The standard InChI is InChI=1S/C22H30O3.C4H10O/c1-16(9-7-10-17(2)15-21(24)25-19(4)23)12-13-20-18(3)11-8-14-22(20,5)6;1-3-5-4-2/h7,9-10,12-13,15H,8,11,14H2,1-6H3;3-4H2,1-2H3/b10-7+,13-12+,16-9+,17-15+;. The minimum Gasteiger partial charge on any atom is -0.390 e. The Kier molecular flexibility index (Phi) is 13.7. The van der Waals surface area contributed by atoms with Crippen molar-refractivity contribution in [3.63, 3.8) is 0 Å². The second-order valence-electron chi connectivity index (χ2n) is 8.12. The Morgan fingerprint density at radius 1 is 1.03 bits per heavy atom. The van der Waals surface area contributed by atoms with Crippen LogP contribution < -0.4 is 0 Å². The predicted octanol–water partition coefficient (Wildman–Crippen LogP) is 6.65. The fraction of sp³-hybridized carbons (Fsp3) is 0.538. The topological polar surface area (TPSA) is 52.6 Å². The van der Waals surface area contributed by atoms with E-state index in [0.29, 0.717) is 0 Å². The highest BCUT2D eigenvalue weighted by Gasteiger charge is 2.26. The van der Waals surface area contributed by atoms with Crippen LogP contribution >= 0.6 is 0 Å². The molecule has 0 amide bonds. The van der Waals surface area contributed by atoms with Crippen LogP contribution in [0, 0.1) is 5.41 Å². The van der Waals surface area contributed by atoms with Crippen LogP contribution in [0.1, 0.15) is 74.7 Å². The second kappa shape index (κ2) is 14.7. The zero-order valence-electron chi connectivity index (χ0n) is 20.1. The molecule has 4 nitrogen and oxygen atoms in total. The summed E-state index contributed by atoms with van der Waals surface area (Å²) in [6.07, 6.45) is 15.1. The lowest BCUT2D eigenvalue weighted by molar-refractivity contribution is -0.154. The first-order valence-corrected chi connectivity index (χ1v) is 10.7. The molecule has 0 N–H and O–H groups in total. The Morgan fingerprint density at radius 2 is 1.67 bits per heavy atom. The molecule has 0 saturated heterocycles. The minimum atomic E-state index is -0.641. The molecular weight excluding hydrogens is 376 g/mol. The Balaban J connectivity index is 0.00000150. The van der Waals surface area contributed by atoms with Crippen molar-refractivity contribution in [1.82, 2.24) is 0 Å². The number of carbonyl (C=O) groups excluding carboxylic acids is 2. The third-order valence-electron chi connectivity index (χ3n) is 4.77. The fourth-order valence-corrected chi connectivity index (χ4v) is 3.24. The minimum absolute atomic E-state index is 0.241. The quantitative estimate of drug-likeness (QED) is 0.202. The van der Waals surface area contributed by atoms with E-state index in [1.807, 2.05) is 32.1 Å². The first-order valence-electron chi connectivity index (χ1n) is 10.7. The molecule has 30 heavy (non-hydrogen) atoms. The summed E-state index contributed by atoms with van der Waals surface area (Å²) in [7, 11) is 0. The van der Waals surface area contributed by atoms with Crippen molar-refractivity contribution in [2.45, 2.75) is 74.7 Å². The Bertz CT molecular complexity index is 713. The number of allylic oxidation sites excluding steroid dienone is 9. The number of rotatable bonds is 7. The van der Waals surface area contributed by atoms with Crippen LogP contribution in [-0.4, -0.2) is 25.2 Å². The van der Waals surface area contributed by atoms with E-state index in [9.17, 15) is 9.59 Å². The molecule has 0 aliphatic heterocycles. The van der Waals surface area contributed by atoms with Crippen molar-refractivity contribution in [1.29, 1.82) is 0 Å². The van der Waals surface area contributed by atoms with Gasteiger partial charge in [-0.05, 0) is 70.4 Å². The highest BCUT2D eigenvalue weighted by atomic mass is 16.6. The van der Waals surface area contributed by atoms with E-state index in [-0.39, 0.29) is 5.41 Å². The Labute approximate surface area is 183 Å². The average Bonchev–Trinajstić information content (AvgIpc) is 2.61. The van der Waals surface area contributed by atoms with Crippen molar-refractivity contribution in [3.8, 4) is 0 Å². The van der Waals surface area contributed by atoms with Gasteiger partial charge in [0.05, 0.1) is 0 Å². The van der Waals surface area contributed by atoms with Crippen molar-refractivity contribution in [2.24, 2.45) is 5.41 Å². The predicted molar refractivity (Wildman–Crippen MR) is 125 cm³/mol. The van der Waals surface area contributed by atoms with Gasteiger partial charge < -0.3 is 9.47 Å². The van der Waals surface area contributed by atoms with Crippen LogP contribution in [0.2, 0.25) is 0 Å². The molecule has 0 spiro atoms. The van der Waals surface area contributed by atoms with Gasteiger partial charge in [-0.25, -0.2) is 4.79 Å². The molecule has 1 aliphatic carbocycles. The number of ether oxygens (including phenoxy) is 2. The first-order chi connectivity index (χ1) is 14.0. The molecule has 0 saturated carbocycles. The molecule has 1 rings (SSSR count). The smallest absolute Gasteiger partial charge is 0.338 e. The average molecular weight is 417 g/mol. The molecule has 0 fully saturated rings. The molecular formula is C26H40O4. The molecule has 0 aromatic carbocycles. The highest BCUT2D eigenvalue weighted by Crippen LogP contribution is 2.40. The van der Waals surface area contributed by atoms with E-state index in [2.05, 4.69) is 44.6 Å². The maximum absolute atomic E-state index is 11.3. The molecule has 0 aromatic rings. The molecule has 0 unspecified atom stereocenters. The molecule has 0 radical (unpaired) electrons. The van der Waals surface area contributed by atoms with Gasteiger partial charge >= 0.3 is 11.9 Å². The van der Waals surface area contributed by atoms with E-state index in [1.54, 1.807) is 6.92 Å². The summed E-state index contributed by atoms with van der Waals surface area (Å²) in [6, 6.07) is 0. The van der Waals surface area contributed by atoms with E-state index in [0.717, 1.165) is 24.4 Å². The maximum atomic E-state index is 11.3. The maximum Gasteiger partial charge on any atom is 0.338 e. The van der Waals surface area contributed by atoms with Crippen LogP contribution in [0.5, 0.6) is 0 Å². The lowest BCUT2D eigenvalue weighted by atomic mass is 9.72. The van der Waals surface area contributed by atoms with E-state index in [1.165, 1.54) is 43.4 Å². The number of carbonyl (C=O) groups is 2. The van der Waals surface area contributed by atoms with Gasteiger partial charge in [-0.15, -0.1) is 0 Å². The van der Waals surface area contributed by atoms with Gasteiger partial charge in [0, 0.05) is 26.2 Å². The van der Waals surface area contributed by atoms with Gasteiger partial charge in [-0.1, -0.05) is 55.4 Å². The number of hydrogen-bond donors (Lipinski definition) is 0. The Hall–Kier alpha value is -2.20. The van der Waals surface area contributed by atoms with Crippen molar-refractivity contribution in [2.75, 3.05) is 13.2 Å². The van der Waals surface area contributed by atoms with Gasteiger partial charge in [0.25, 0.3) is 0 Å². The summed E-state index contributed by atoms with van der Waals surface area (Å²) < 4.78 is 9.30. The summed E-state index contributed by atoms with van der Waals surface area (Å²) in [6.45, 7) is 17.6. The number of esters is 2. The van der Waals surface area contributed by atoms with Crippen LogP contribution in [0.3, 0.4) is 0 Å². The van der Waals surface area contributed by atoms with E-state index < -0.39 is 11.9 Å². The van der Waals surface area contributed by atoms with Crippen molar-refractivity contribution >= 4 is 11.9 Å². The third-order valence-corrected chi connectivity index (χ3v) is 4.77. The molecule has 0 aromatic heterocycles. The van der Waals surface area contributed by atoms with Crippen LogP contribution in [-0.2, 0) is 19.1 Å². The van der Waals surface area contributed by atoms with Crippen LogP contribution in [0.25, 0.3) is 0 Å².